The Balaban J connectivity index is 1.56. The molecule has 1 N–H and O–H groups in total. The lowest BCUT2D eigenvalue weighted by Crippen LogP contribution is -2.48. The molecule has 2 aromatic carbocycles. The molecule has 7 heteroatoms. The summed E-state index contributed by atoms with van der Waals surface area (Å²) in [5.74, 6) is -0.179. The first-order valence-corrected chi connectivity index (χ1v) is 11.6. The van der Waals surface area contributed by atoms with Gasteiger partial charge in [0.15, 0.2) is 0 Å². The second-order valence-electron chi connectivity index (χ2n) is 8.22. The summed E-state index contributed by atoms with van der Waals surface area (Å²) in [7, 11) is -3.63. The standard InChI is InChI=1S/C23H27N3O3S/c1-15(2)22-19-14-18(6-7-20(19)24-23(22)27)30(28,29)26-11-9-25(10-12-26)21-8-5-16(3)13-17(21)4/h5-8,13-14H,9-12H2,1-4H3,(H,24,27). The van der Waals surface area contributed by atoms with E-state index in [2.05, 4.69) is 42.3 Å². The summed E-state index contributed by atoms with van der Waals surface area (Å²) >= 11 is 0. The van der Waals surface area contributed by atoms with Crippen LogP contribution < -0.4 is 10.2 Å². The number of nitrogens with zero attached hydrogens (tertiary/aromatic N) is 2. The van der Waals surface area contributed by atoms with Crippen LogP contribution >= 0.6 is 0 Å². The Morgan fingerprint density at radius 1 is 0.967 bits per heavy atom. The maximum absolute atomic E-state index is 13.3. The highest BCUT2D eigenvalue weighted by Gasteiger charge is 2.32. The maximum atomic E-state index is 13.3. The molecule has 1 fully saturated rings. The zero-order valence-electron chi connectivity index (χ0n) is 17.8. The Labute approximate surface area is 178 Å². The molecule has 4 rings (SSSR count). The fourth-order valence-electron chi connectivity index (χ4n) is 4.28. The number of anilines is 2. The van der Waals surface area contributed by atoms with Gasteiger partial charge in [-0.05, 0) is 57.5 Å². The lowest BCUT2D eigenvalue weighted by molar-refractivity contribution is -0.110. The molecule has 1 amide bonds. The normalized spacial score (nSPS) is 17.1. The van der Waals surface area contributed by atoms with Crippen molar-refractivity contribution < 1.29 is 13.2 Å². The first-order valence-electron chi connectivity index (χ1n) is 10.1. The predicted octanol–water partition coefficient (Wildman–Crippen LogP) is 3.56. The summed E-state index contributed by atoms with van der Waals surface area (Å²) in [5.41, 5.74) is 6.33. The molecule has 158 valence electrons. The molecule has 2 aromatic rings. The quantitative estimate of drug-likeness (QED) is 0.764. The van der Waals surface area contributed by atoms with Crippen molar-refractivity contribution in [1.29, 1.82) is 0 Å². The van der Waals surface area contributed by atoms with E-state index in [0.717, 1.165) is 11.3 Å². The zero-order valence-corrected chi connectivity index (χ0v) is 18.6. The molecule has 0 radical (unpaired) electrons. The van der Waals surface area contributed by atoms with Crippen LogP contribution in [0.25, 0.3) is 5.57 Å². The van der Waals surface area contributed by atoms with Crippen LogP contribution in [-0.2, 0) is 14.8 Å². The number of fused-ring (bicyclic) bond motifs is 1. The second kappa shape index (κ2) is 7.56. The number of allylic oxidation sites excluding steroid dienone is 1. The van der Waals surface area contributed by atoms with Crippen molar-refractivity contribution in [3.63, 3.8) is 0 Å². The van der Waals surface area contributed by atoms with Gasteiger partial charge in [0.1, 0.15) is 0 Å². The summed E-state index contributed by atoms with van der Waals surface area (Å²) in [6.07, 6.45) is 0. The van der Waals surface area contributed by atoms with E-state index in [1.54, 1.807) is 22.5 Å². The van der Waals surface area contributed by atoms with Gasteiger partial charge in [0.2, 0.25) is 10.0 Å². The number of nitrogens with one attached hydrogen (secondary N) is 1. The number of hydrogen-bond donors (Lipinski definition) is 1. The third-order valence-electron chi connectivity index (χ3n) is 5.81. The molecule has 0 spiro atoms. The van der Waals surface area contributed by atoms with Crippen molar-refractivity contribution in [2.75, 3.05) is 36.4 Å². The SMILES string of the molecule is CC(C)=C1C(=O)Nc2ccc(S(=O)(=O)N3CCN(c4ccc(C)cc4C)CC3)cc21. The van der Waals surface area contributed by atoms with Gasteiger partial charge in [-0.2, -0.15) is 4.31 Å². The van der Waals surface area contributed by atoms with Gasteiger partial charge in [-0.1, -0.05) is 23.3 Å². The highest BCUT2D eigenvalue weighted by molar-refractivity contribution is 7.89. The lowest BCUT2D eigenvalue weighted by atomic mass is 10.0. The topological polar surface area (TPSA) is 69.7 Å². The van der Waals surface area contributed by atoms with E-state index < -0.39 is 10.0 Å². The van der Waals surface area contributed by atoms with Crippen LogP contribution in [0.3, 0.4) is 0 Å². The van der Waals surface area contributed by atoms with Crippen LogP contribution in [0.2, 0.25) is 0 Å². The van der Waals surface area contributed by atoms with Crippen LogP contribution in [0, 0.1) is 13.8 Å². The molecule has 0 aromatic heterocycles. The molecule has 6 nitrogen and oxygen atoms in total. The summed E-state index contributed by atoms with van der Waals surface area (Å²) in [6.45, 7) is 10.0. The van der Waals surface area contributed by atoms with Crippen molar-refractivity contribution in [1.82, 2.24) is 4.31 Å². The molecule has 0 saturated carbocycles. The molecule has 30 heavy (non-hydrogen) atoms. The van der Waals surface area contributed by atoms with E-state index in [4.69, 9.17) is 0 Å². The highest BCUT2D eigenvalue weighted by atomic mass is 32.2. The Morgan fingerprint density at radius 2 is 1.67 bits per heavy atom. The van der Waals surface area contributed by atoms with E-state index in [-0.39, 0.29) is 10.8 Å². The van der Waals surface area contributed by atoms with E-state index >= 15 is 0 Å². The molecular formula is C23H27N3O3S. The Kier molecular flexibility index (Phi) is 5.20. The Bertz CT molecular complexity index is 1160. The van der Waals surface area contributed by atoms with Crippen molar-refractivity contribution in [2.24, 2.45) is 0 Å². The molecule has 1 saturated heterocycles. The predicted molar refractivity (Wildman–Crippen MR) is 120 cm³/mol. The van der Waals surface area contributed by atoms with E-state index in [1.807, 2.05) is 13.8 Å². The van der Waals surface area contributed by atoms with Gasteiger partial charge >= 0.3 is 0 Å². The van der Waals surface area contributed by atoms with Crippen LogP contribution in [0.1, 0.15) is 30.5 Å². The fourth-order valence-corrected chi connectivity index (χ4v) is 5.73. The maximum Gasteiger partial charge on any atom is 0.256 e. The number of aryl methyl sites for hydroxylation is 2. The number of benzene rings is 2. The van der Waals surface area contributed by atoms with Crippen molar-refractivity contribution >= 4 is 32.9 Å². The smallest absolute Gasteiger partial charge is 0.256 e. The van der Waals surface area contributed by atoms with Gasteiger partial charge in [-0.25, -0.2) is 8.42 Å². The molecule has 0 aliphatic carbocycles. The lowest BCUT2D eigenvalue weighted by Gasteiger charge is -2.36. The molecule has 2 aliphatic rings. The number of hydrogen-bond acceptors (Lipinski definition) is 4. The second-order valence-corrected chi connectivity index (χ2v) is 10.2. The molecule has 0 bridgehead atoms. The van der Waals surface area contributed by atoms with Gasteiger partial charge in [0.25, 0.3) is 5.91 Å². The van der Waals surface area contributed by atoms with Gasteiger partial charge in [0.05, 0.1) is 4.90 Å². The summed E-state index contributed by atoms with van der Waals surface area (Å²) in [4.78, 5) is 14.7. The van der Waals surface area contributed by atoms with Gasteiger partial charge in [-0.3, -0.25) is 4.79 Å². The van der Waals surface area contributed by atoms with Crippen molar-refractivity contribution in [2.45, 2.75) is 32.6 Å². The van der Waals surface area contributed by atoms with Crippen LogP contribution in [0.15, 0.2) is 46.9 Å². The van der Waals surface area contributed by atoms with E-state index in [9.17, 15) is 13.2 Å². The molecule has 0 atom stereocenters. The first-order chi connectivity index (χ1) is 14.2. The number of sulfonamides is 1. The van der Waals surface area contributed by atoms with E-state index in [0.29, 0.717) is 43.0 Å². The van der Waals surface area contributed by atoms with Crippen LogP contribution in [-0.4, -0.2) is 44.8 Å². The molecule has 2 aliphatic heterocycles. The van der Waals surface area contributed by atoms with Crippen molar-refractivity contribution in [3.05, 3.63) is 58.7 Å². The zero-order chi connectivity index (χ0) is 21.6. The average Bonchev–Trinajstić information content (AvgIpc) is 3.03. The van der Waals surface area contributed by atoms with Gasteiger partial charge in [0, 0.05) is 48.7 Å². The average molecular weight is 426 g/mol. The minimum atomic E-state index is -3.63. The third kappa shape index (κ3) is 3.52. The minimum Gasteiger partial charge on any atom is -0.369 e. The summed E-state index contributed by atoms with van der Waals surface area (Å²) in [5, 5.41) is 2.81. The Hall–Kier alpha value is -2.64. The summed E-state index contributed by atoms with van der Waals surface area (Å²) in [6, 6.07) is 11.2. The third-order valence-corrected chi connectivity index (χ3v) is 7.70. The minimum absolute atomic E-state index is 0.179. The number of piperazine rings is 1. The van der Waals surface area contributed by atoms with Gasteiger partial charge < -0.3 is 10.2 Å². The first kappa shape index (κ1) is 20.6. The number of amides is 1. The summed E-state index contributed by atoms with van der Waals surface area (Å²) < 4.78 is 28.1. The number of rotatable bonds is 3. The van der Waals surface area contributed by atoms with Crippen LogP contribution in [0.5, 0.6) is 0 Å². The van der Waals surface area contributed by atoms with Crippen LogP contribution in [0.4, 0.5) is 11.4 Å². The van der Waals surface area contributed by atoms with Gasteiger partial charge in [-0.15, -0.1) is 0 Å². The highest BCUT2D eigenvalue weighted by Crippen LogP contribution is 2.36. The van der Waals surface area contributed by atoms with E-state index in [1.165, 1.54) is 11.1 Å². The largest absolute Gasteiger partial charge is 0.369 e. The fraction of sp³-hybridized carbons (Fsp3) is 0.348. The molecule has 2 heterocycles. The molecular weight excluding hydrogens is 398 g/mol. The Morgan fingerprint density at radius 3 is 2.30 bits per heavy atom. The number of carbonyl (C=O) groups excluding carboxylic acids is 1. The van der Waals surface area contributed by atoms with Crippen molar-refractivity contribution in [3.8, 4) is 0 Å². The monoisotopic (exact) mass is 425 g/mol. The molecule has 0 unspecified atom stereocenters. The number of carbonyl (C=O) groups is 1.